The number of halogens is 2. The zero-order valence-electron chi connectivity index (χ0n) is 19.3. The third-order valence-electron chi connectivity index (χ3n) is 4.74. The molecule has 1 aromatic carbocycles. The van der Waals surface area contributed by atoms with Gasteiger partial charge in [-0.1, -0.05) is 26.0 Å². The summed E-state index contributed by atoms with van der Waals surface area (Å²) in [5, 5.41) is 5.44. The van der Waals surface area contributed by atoms with Crippen molar-refractivity contribution in [3.63, 3.8) is 0 Å². The highest BCUT2D eigenvalue weighted by Crippen LogP contribution is 2.17. The summed E-state index contributed by atoms with van der Waals surface area (Å²) in [4.78, 5) is 39.0. The SMILES string of the molecule is CCOC(=O)[C@@H](CC(C)C)NC(=O)[C@H](Cc1ccc(N(CCCl)CCCl)cc1)NC(C)=O. The lowest BCUT2D eigenvalue weighted by Crippen LogP contribution is -2.52. The molecular formula is C23H35Cl2N3O4. The summed E-state index contributed by atoms with van der Waals surface area (Å²) in [6.45, 7) is 8.58. The summed E-state index contributed by atoms with van der Waals surface area (Å²) >= 11 is 11.8. The molecular weight excluding hydrogens is 453 g/mol. The van der Waals surface area contributed by atoms with E-state index in [9.17, 15) is 14.4 Å². The normalized spacial score (nSPS) is 12.7. The fourth-order valence-corrected chi connectivity index (χ4v) is 3.72. The average molecular weight is 488 g/mol. The molecule has 0 saturated carbocycles. The molecule has 9 heteroatoms. The number of amides is 2. The Labute approximate surface area is 201 Å². The number of rotatable bonds is 14. The molecule has 2 N–H and O–H groups in total. The summed E-state index contributed by atoms with van der Waals surface area (Å²) in [5.41, 5.74) is 1.85. The van der Waals surface area contributed by atoms with E-state index in [4.69, 9.17) is 27.9 Å². The Morgan fingerprint density at radius 3 is 2.06 bits per heavy atom. The van der Waals surface area contributed by atoms with E-state index in [-0.39, 0.29) is 24.9 Å². The van der Waals surface area contributed by atoms with E-state index < -0.39 is 24.0 Å². The van der Waals surface area contributed by atoms with Crippen LogP contribution in [0.3, 0.4) is 0 Å². The Kier molecular flexibility index (Phi) is 13.1. The Morgan fingerprint density at radius 2 is 1.59 bits per heavy atom. The number of hydrogen-bond acceptors (Lipinski definition) is 5. The lowest BCUT2D eigenvalue weighted by atomic mass is 10.0. The number of anilines is 1. The molecule has 0 aromatic heterocycles. The van der Waals surface area contributed by atoms with E-state index in [2.05, 4.69) is 15.5 Å². The van der Waals surface area contributed by atoms with Gasteiger partial charge in [0.05, 0.1) is 6.61 Å². The third kappa shape index (κ3) is 10.1. The van der Waals surface area contributed by atoms with Crippen molar-refractivity contribution in [2.45, 2.75) is 52.6 Å². The number of carbonyl (C=O) groups excluding carboxylic acids is 3. The molecule has 1 rings (SSSR count). The largest absolute Gasteiger partial charge is 0.464 e. The molecule has 0 unspecified atom stereocenters. The minimum Gasteiger partial charge on any atom is -0.464 e. The molecule has 0 bridgehead atoms. The maximum atomic E-state index is 13.0. The molecule has 180 valence electrons. The molecule has 2 atom stereocenters. The van der Waals surface area contributed by atoms with Gasteiger partial charge in [-0.3, -0.25) is 9.59 Å². The fraction of sp³-hybridized carbons (Fsp3) is 0.609. The van der Waals surface area contributed by atoms with E-state index in [0.29, 0.717) is 31.3 Å². The first-order chi connectivity index (χ1) is 15.2. The summed E-state index contributed by atoms with van der Waals surface area (Å²) in [5.74, 6) is -0.0646. The quantitative estimate of drug-likeness (QED) is 0.311. The molecule has 32 heavy (non-hydrogen) atoms. The van der Waals surface area contributed by atoms with E-state index >= 15 is 0 Å². The molecule has 0 aliphatic carbocycles. The van der Waals surface area contributed by atoms with Crippen molar-refractivity contribution in [2.75, 3.05) is 36.4 Å². The standard InChI is InChI=1S/C23H35Cl2N3O4/c1-5-32-23(31)21(14-16(2)3)27-22(30)20(26-17(4)29)15-18-6-8-19(9-7-18)28(12-10-24)13-11-25/h6-9,16,20-21H,5,10-15H2,1-4H3,(H,26,29)(H,27,30)/t20-,21+/m0/s1. The van der Waals surface area contributed by atoms with Gasteiger partial charge in [-0.2, -0.15) is 0 Å². The highest BCUT2D eigenvalue weighted by Gasteiger charge is 2.28. The van der Waals surface area contributed by atoms with Gasteiger partial charge in [0.15, 0.2) is 0 Å². The van der Waals surface area contributed by atoms with Crippen LogP contribution in [0.1, 0.15) is 39.7 Å². The molecule has 1 aromatic rings. The van der Waals surface area contributed by atoms with E-state index in [1.807, 2.05) is 38.1 Å². The summed E-state index contributed by atoms with van der Waals surface area (Å²) in [6.07, 6.45) is 0.733. The fourth-order valence-electron chi connectivity index (χ4n) is 3.31. The second-order valence-electron chi connectivity index (χ2n) is 7.93. The van der Waals surface area contributed by atoms with Gasteiger partial charge in [-0.25, -0.2) is 4.79 Å². The van der Waals surface area contributed by atoms with Crippen LogP contribution in [0.4, 0.5) is 5.69 Å². The number of esters is 1. The number of ether oxygens (including phenoxy) is 1. The molecule has 0 fully saturated rings. The van der Waals surface area contributed by atoms with Crippen LogP contribution in [0.25, 0.3) is 0 Å². The Morgan fingerprint density at radius 1 is 1.00 bits per heavy atom. The first-order valence-electron chi connectivity index (χ1n) is 10.9. The predicted octanol–water partition coefficient (Wildman–Crippen LogP) is 3.11. The van der Waals surface area contributed by atoms with E-state index in [1.54, 1.807) is 6.92 Å². The molecule has 0 radical (unpaired) electrons. The van der Waals surface area contributed by atoms with Gasteiger partial charge in [-0.15, -0.1) is 23.2 Å². The van der Waals surface area contributed by atoms with Crippen LogP contribution >= 0.6 is 23.2 Å². The monoisotopic (exact) mass is 487 g/mol. The van der Waals surface area contributed by atoms with E-state index in [1.165, 1.54) is 6.92 Å². The van der Waals surface area contributed by atoms with Crippen LogP contribution in [-0.4, -0.2) is 61.3 Å². The third-order valence-corrected chi connectivity index (χ3v) is 5.08. The van der Waals surface area contributed by atoms with Crippen LogP contribution in [0, 0.1) is 5.92 Å². The molecule has 2 amide bonds. The molecule has 0 aliphatic heterocycles. The minimum absolute atomic E-state index is 0.181. The number of hydrogen-bond donors (Lipinski definition) is 2. The Hall–Kier alpha value is -1.99. The lowest BCUT2D eigenvalue weighted by molar-refractivity contribution is -0.148. The highest BCUT2D eigenvalue weighted by atomic mass is 35.5. The van der Waals surface area contributed by atoms with Gasteiger partial charge in [0.2, 0.25) is 11.8 Å². The van der Waals surface area contributed by atoms with Gasteiger partial charge < -0.3 is 20.3 Å². The van der Waals surface area contributed by atoms with Crippen molar-refractivity contribution in [2.24, 2.45) is 5.92 Å². The van der Waals surface area contributed by atoms with Crippen LogP contribution < -0.4 is 15.5 Å². The van der Waals surface area contributed by atoms with E-state index in [0.717, 1.165) is 11.3 Å². The Balaban J connectivity index is 2.96. The second-order valence-corrected chi connectivity index (χ2v) is 8.69. The van der Waals surface area contributed by atoms with Gasteiger partial charge in [0.25, 0.3) is 0 Å². The van der Waals surface area contributed by atoms with Gasteiger partial charge in [-0.05, 0) is 37.0 Å². The van der Waals surface area contributed by atoms with Crippen molar-refractivity contribution in [3.05, 3.63) is 29.8 Å². The molecule has 7 nitrogen and oxygen atoms in total. The lowest BCUT2D eigenvalue weighted by Gasteiger charge is -2.24. The van der Waals surface area contributed by atoms with Crippen molar-refractivity contribution < 1.29 is 19.1 Å². The minimum atomic E-state index is -0.816. The molecule has 0 spiro atoms. The first kappa shape index (κ1) is 28.0. The smallest absolute Gasteiger partial charge is 0.328 e. The average Bonchev–Trinajstić information content (AvgIpc) is 2.72. The first-order valence-corrected chi connectivity index (χ1v) is 12.0. The maximum absolute atomic E-state index is 13.0. The van der Waals surface area contributed by atoms with Crippen LogP contribution in [0.5, 0.6) is 0 Å². The number of alkyl halides is 2. The highest BCUT2D eigenvalue weighted by molar-refractivity contribution is 6.18. The summed E-state index contributed by atoms with van der Waals surface area (Å²) in [6, 6.07) is 6.12. The van der Waals surface area contributed by atoms with Crippen LogP contribution in [0.15, 0.2) is 24.3 Å². The number of carbonyl (C=O) groups is 3. The zero-order valence-corrected chi connectivity index (χ0v) is 20.8. The molecule has 0 heterocycles. The second kappa shape index (κ2) is 15.0. The molecule has 0 saturated heterocycles. The van der Waals surface area contributed by atoms with Gasteiger partial charge in [0.1, 0.15) is 12.1 Å². The number of nitrogens with zero attached hydrogens (tertiary/aromatic N) is 1. The van der Waals surface area contributed by atoms with Gasteiger partial charge in [0, 0.05) is 43.9 Å². The van der Waals surface area contributed by atoms with Crippen molar-refractivity contribution >= 4 is 46.7 Å². The van der Waals surface area contributed by atoms with Crippen molar-refractivity contribution in [1.82, 2.24) is 10.6 Å². The maximum Gasteiger partial charge on any atom is 0.328 e. The Bertz CT molecular complexity index is 722. The predicted molar refractivity (Wildman–Crippen MR) is 129 cm³/mol. The summed E-state index contributed by atoms with van der Waals surface area (Å²) < 4.78 is 5.10. The zero-order chi connectivity index (χ0) is 24.1. The van der Waals surface area contributed by atoms with Crippen molar-refractivity contribution in [1.29, 1.82) is 0 Å². The topological polar surface area (TPSA) is 87.7 Å². The van der Waals surface area contributed by atoms with Gasteiger partial charge >= 0.3 is 5.97 Å². The molecule has 0 aliphatic rings. The number of nitrogens with one attached hydrogen (secondary N) is 2. The number of benzene rings is 1. The summed E-state index contributed by atoms with van der Waals surface area (Å²) in [7, 11) is 0. The van der Waals surface area contributed by atoms with Crippen LogP contribution in [-0.2, 0) is 25.5 Å². The van der Waals surface area contributed by atoms with Crippen molar-refractivity contribution in [3.8, 4) is 0 Å². The van der Waals surface area contributed by atoms with Crippen LogP contribution in [0.2, 0.25) is 0 Å².